The Kier molecular flexibility index (Phi) is 9.82. The van der Waals surface area contributed by atoms with Gasteiger partial charge >= 0.3 is 0 Å². The summed E-state index contributed by atoms with van der Waals surface area (Å²) in [4.78, 5) is -1.60. The van der Waals surface area contributed by atoms with E-state index >= 15 is 0 Å². The van der Waals surface area contributed by atoms with Crippen LogP contribution in [-0.2, 0) is 40.1 Å². The lowest BCUT2D eigenvalue weighted by Crippen LogP contribution is -2.47. The summed E-state index contributed by atoms with van der Waals surface area (Å²) in [6.07, 6.45) is 0. The van der Waals surface area contributed by atoms with Gasteiger partial charge in [-0.2, -0.15) is 0 Å². The van der Waals surface area contributed by atoms with E-state index in [1.165, 1.54) is 109 Å². The molecule has 0 aromatic heterocycles. The molecule has 0 saturated heterocycles. The second kappa shape index (κ2) is 13.5. The predicted molar refractivity (Wildman–Crippen MR) is 177 cm³/mol. The van der Waals surface area contributed by atoms with Gasteiger partial charge in [0.1, 0.15) is 0 Å². The third kappa shape index (κ3) is 6.79. The van der Waals surface area contributed by atoms with Gasteiger partial charge in [-0.1, -0.05) is 104 Å². The Bertz CT molecular complexity index is 2150. The molecule has 5 rings (SSSR count). The summed E-state index contributed by atoms with van der Waals surface area (Å²) in [6, 6.07) is 31.4. The van der Waals surface area contributed by atoms with E-state index in [9.17, 15) is 33.7 Å². The van der Waals surface area contributed by atoms with Gasteiger partial charge in [0.25, 0.3) is 40.1 Å². The lowest BCUT2D eigenvalue weighted by Gasteiger charge is -2.34. The van der Waals surface area contributed by atoms with Gasteiger partial charge in [-0.15, -0.1) is 0 Å². The highest BCUT2D eigenvalue weighted by atomic mass is 32.3. The molecule has 0 bridgehead atoms. The van der Waals surface area contributed by atoms with Crippen LogP contribution in [0.15, 0.2) is 165 Å². The number of rotatable bonds is 12. The van der Waals surface area contributed by atoms with Crippen molar-refractivity contribution in [2.45, 2.75) is 32.5 Å². The summed E-state index contributed by atoms with van der Waals surface area (Å²) < 4.78 is 116. The topological polar surface area (TPSA) is 143 Å². The molecular formula is C33H30N2O8S4. The Morgan fingerprint density at radius 1 is 0.426 bits per heavy atom. The molecule has 0 radical (unpaired) electrons. The van der Waals surface area contributed by atoms with Gasteiger partial charge < -0.3 is 0 Å². The van der Waals surface area contributed by atoms with Gasteiger partial charge in [-0.05, 0) is 66.6 Å². The van der Waals surface area contributed by atoms with Crippen molar-refractivity contribution in [2.24, 2.45) is 0 Å². The van der Waals surface area contributed by atoms with E-state index in [0.29, 0.717) is 5.56 Å². The van der Waals surface area contributed by atoms with Crippen LogP contribution in [0.5, 0.6) is 0 Å². The number of sulfonamides is 4. The lowest BCUT2D eigenvalue weighted by atomic mass is 10.0. The SMILES string of the molecule is Cc1ccccc1C(CN(S(=O)(=O)c1ccccc1)S(=O)(=O)c1ccccc1)N(S(=O)(=O)c1ccccc1)S(=O)(=O)c1ccccc1. The molecule has 0 aliphatic carbocycles. The van der Waals surface area contributed by atoms with Crippen LogP contribution in [0.2, 0.25) is 0 Å². The lowest BCUT2D eigenvalue weighted by molar-refractivity contribution is 0.382. The third-order valence-corrected chi connectivity index (χ3v) is 16.0. The highest BCUT2D eigenvalue weighted by molar-refractivity contribution is 8.04. The average molecular weight is 711 g/mol. The molecule has 0 heterocycles. The third-order valence-electron chi connectivity index (χ3n) is 7.30. The monoisotopic (exact) mass is 710 g/mol. The maximum atomic E-state index is 14.5. The van der Waals surface area contributed by atoms with E-state index < -0.39 is 72.3 Å². The van der Waals surface area contributed by atoms with Crippen LogP contribution in [0.3, 0.4) is 0 Å². The van der Waals surface area contributed by atoms with E-state index in [2.05, 4.69) is 0 Å². The van der Waals surface area contributed by atoms with Crippen molar-refractivity contribution in [3.8, 4) is 0 Å². The zero-order valence-corrected chi connectivity index (χ0v) is 28.2. The van der Waals surface area contributed by atoms with Crippen LogP contribution in [0.4, 0.5) is 0 Å². The van der Waals surface area contributed by atoms with Crippen molar-refractivity contribution < 1.29 is 33.7 Å². The molecule has 10 nitrogen and oxygen atoms in total. The fourth-order valence-corrected chi connectivity index (χ4v) is 12.7. The molecule has 1 atom stereocenters. The van der Waals surface area contributed by atoms with Crippen molar-refractivity contribution in [2.75, 3.05) is 6.54 Å². The first-order valence-electron chi connectivity index (χ1n) is 14.1. The number of benzene rings is 5. The molecule has 0 aliphatic heterocycles. The Hall–Kier alpha value is -4.18. The molecule has 0 spiro atoms. The van der Waals surface area contributed by atoms with Gasteiger partial charge in [-0.3, -0.25) is 0 Å². The molecule has 5 aromatic rings. The van der Waals surface area contributed by atoms with Crippen molar-refractivity contribution in [1.82, 2.24) is 7.42 Å². The first kappa shape index (κ1) is 34.2. The fourth-order valence-electron chi connectivity index (χ4n) is 4.98. The summed E-state index contributed by atoms with van der Waals surface area (Å²) in [5, 5.41) is 0. The molecule has 14 heteroatoms. The van der Waals surface area contributed by atoms with E-state index in [1.54, 1.807) is 43.3 Å². The van der Waals surface area contributed by atoms with E-state index in [1.807, 2.05) is 0 Å². The Labute approximate surface area is 275 Å². The summed E-state index contributed by atoms with van der Waals surface area (Å²) in [5.74, 6) is 0. The smallest absolute Gasteiger partial charge is 0.206 e. The number of nitrogens with zero attached hydrogens (tertiary/aromatic N) is 2. The number of hydrogen-bond acceptors (Lipinski definition) is 8. The van der Waals surface area contributed by atoms with Crippen LogP contribution < -0.4 is 0 Å². The molecule has 0 N–H and O–H groups in total. The second-order valence-electron chi connectivity index (χ2n) is 10.3. The largest absolute Gasteiger partial charge is 0.256 e. The maximum absolute atomic E-state index is 14.5. The molecule has 0 aliphatic rings. The molecule has 0 fully saturated rings. The molecular weight excluding hydrogens is 681 g/mol. The first-order valence-corrected chi connectivity index (χ1v) is 19.9. The minimum atomic E-state index is -5.01. The molecule has 5 aromatic carbocycles. The van der Waals surface area contributed by atoms with E-state index in [-0.39, 0.29) is 13.0 Å². The van der Waals surface area contributed by atoms with Crippen molar-refractivity contribution in [1.29, 1.82) is 0 Å². The fraction of sp³-hybridized carbons (Fsp3) is 0.0909. The Balaban J connectivity index is 1.85. The summed E-state index contributed by atoms with van der Waals surface area (Å²) >= 11 is 0. The van der Waals surface area contributed by atoms with Crippen LogP contribution in [0.25, 0.3) is 0 Å². The molecule has 0 amide bonds. The highest BCUT2D eigenvalue weighted by Crippen LogP contribution is 2.38. The van der Waals surface area contributed by atoms with Crippen LogP contribution >= 0.6 is 0 Å². The molecule has 244 valence electrons. The van der Waals surface area contributed by atoms with Gasteiger partial charge in [0, 0.05) is 0 Å². The second-order valence-corrected chi connectivity index (χ2v) is 18.1. The summed E-state index contributed by atoms with van der Waals surface area (Å²) in [7, 11) is -19.9. The van der Waals surface area contributed by atoms with Gasteiger partial charge in [0.2, 0.25) is 0 Å². The van der Waals surface area contributed by atoms with Crippen LogP contribution in [-0.4, -0.2) is 47.6 Å². The number of aryl methyl sites for hydroxylation is 1. The molecule has 47 heavy (non-hydrogen) atoms. The quantitative estimate of drug-likeness (QED) is 0.172. The van der Waals surface area contributed by atoms with Gasteiger partial charge in [-0.25, -0.2) is 33.7 Å². The standard InChI is InChI=1S/C33H30N2O8S4/c1-27-16-14-15-25-32(27)33(35(46(40,41)30-21-10-4-11-22-30)47(42,43)31-23-12-5-13-24-31)26-34(44(36,37)28-17-6-2-7-18-28)45(38,39)29-19-8-3-9-20-29/h2-25,33H,26H2,1H3. The molecule has 0 saturated carbocycles. The van der Waals surface area contributed by atoms with Crippen molar-refractivity contribution >= 4 is 40.1 Å². The van der Waals surface area contributed by atoms with Crippen molar-refractivity contribution in [3.05, 3.63) is 157 Å². The van der Waals surface area contributed by atoms with Crippen LogP contribution in [0, 0.1) is 6.92 Å². The summed E-state index contributed by atoms with van der Waals surface area (Å²) in [6.45, 7) is 0.462. The minimum Gasteiger partial charge on any atom is -0.206 e. The van der Waals surface area contributed by atoms with Gasteiger partial charge in [0.05, 0.1) is 32.2 Å². The molecule has 1 unspecified atom stereocenters. The average Bonchev–Trinajstić information content (AvgIpc) is 3.08. The summed E-state index contributed by atoms with van der Waals surface area (Å²) in [5.41, 5.74) is 0.464. The predicted octanol–water partition coefficient (Wildman–Crippen LogP) is 5.20. The van der Waals surface area contributed by atoms with Gasteiger partial charge in [0.15, 0.2) is 0 Å². The highest BCUT2D eigenvalue weighted by Gasteiger charge is 2.48. The minimum absolute atomic E-state index is 0.0723. The zero-order valence-electron chi connectivity index (χ0n) is 24.9. The Morgan fingerprint density at radius 2 is 0.723 bits per heavy atom. The maximum Gasteiger partial charge on any atom is 0.256 e. The first-order chi connectivity index (χ1) is 22.3. The number of hydrogen-bond donors (Lipinski definition) is 0. The zero-order chi connectivity index (χ0) is 33.9. The van der Waals surface area contributed by atoms with E-state index in [4.69, 9.17) is 0 Å². The Morgan fingerprint density at radius 3 is 1.06 bits per heavy atom. The van der Waals surface area contributed by atoms with Crippen LogP contribution in [0.1, 0.15) is 17.2 Å². The van der Waals surface area contributed by atoms with E-state index in [0.717, 1.165) is 0 Å². The van der Waals surface area contributed by atoms with Crippen molar-refractivity contribution in [3.63, 3.8) is 0 Å². The normalized spacial score (nSPS) is 13.4.